The van der Waals surface area contributed by atoms with Crippen molar-refractivity contribution in [2.24, 2.45) is 5.92 Å². The van der Waals surface area contributed by atoms with Crippen LogP contribution in [0.25, 0.3) is 0 Å². The number of carbonyl (C=O) groups is 2. The monoisotopic (exact) mass is 351 g/mol. The molecule has 1 saturated carbocycles. The van der Waals surface area contributed by atoms with Gasteiger partial charge in [-0.25, -0.2) is 4.79 Å². The minimum absolute atomic E-state index is 0.211. The van der Waals surface area contributed by atoms with Gasteiger partial charge in [0.05, 0.1) is 5.56 Å². The normalized spacial score (nSPS) is 14.7. The number of benzene rings is 2. The van der Waals surface area contributed by atoms with Crippen LogP contribution >= 0.6 is 0 Å². The van der Waals surface area contributed by atoms with E-state index >= 15 is 0 Å². The highest BCUT2D eigenvalue weighted by molar-refractivity contribution is 5.92. The van der Waals surface area contributed by atoms with Crippen LogP contribution in [-0.2, 0) is 16.0 Å². The lowest BCUT2D eigenvalue weighted by Crippen LogP contribution is -2.33. The Bertz CT molecular complexity index is 749. The van der Waals surface area contributed by atoms with Crippen LogP contribution in [0.15, 0.2) is 54.6 Å². The molecule has 0 unspecified atom stereocenters. The lowest BCUT2D eigenvalue weighted by Gasteiger charge is -2.18. The summed E-state index contributed by atoms with van der Waals surface area (Å²) in [6, 6.07) is 16.8. The van der Waals surface area contributed by atoms with Crippen molar-refractivity contribution in [2.45, 2.75) is 45.3 Å². The van der Waals surface area contributed by atoms with Crippen molar-refractivity contribution in [1.29, 1.82) is 0 Å². The molecule has 1 aliphatic carbocycles. The van der Waals surface area contributed by atoms with Gasteiger partial charge in [0.25, 0.3) is 5.91 Å². The van der Waals surface area contributed by atoms with Crippen molar-refractivity contribution in [3.63, 3.8) is 0 Å². The van der Waals surface area contributed by atoms with Crippen LogP contribution in [0.4, 0.5) is 0 Å². The van der Waals surface area contributed by atoms with Crippen LogP contribution in [0.1, 0.15) is 54.3 Å². The van der Waals surface area contributed by atoms with E-state index in [-0.39, 0.29) is 11.9 Å². The van der Waals surface area contributed by atoms with Gasteiger partial charge in [-0.05, 0) is 42.9 Å². The number of hydrogen-bond donors (Lipinski definition) is 1. The zero-order chi connectivity index (χ0) is 18.5. The molecule has 4 nitrogen and oxygen atoms in total. The summed E-state index contributed by atoms with van der Waals surface area (Å²) in [6.07, 6.45) is 2.00. The molecule has 1 aliphatic rings. The summed E-state index contributed by atoms with van der Waals surface area (Å²) in [7, 11) is 0. The molecule has 1 atom stereocenters. The fourth-order valence-corrected chi connectivity index (χ4v) is 2.83. The van der Waals surface area contributed by atoms with Gasteiger partial charge in [0.15, 0.2) is 0 Å². The Morgan fingerprint density at radius 2 is 1.69 bits per heavy atom. The maximum Gasteiger partial charge on any atom is 0.339 e. The average molecular weight is 351 g/mol. The number of carbonyl (C=O) groups excluding carboxylic acids is 2. The highest BCUT2D eigenvalue weighted by atomic mass is 16.5. The quantitative estimate of drug-likeness (QED) is 0.765. The molecule has 1 fully saturated rings. The minimum Gasteiger partial charge on any atom is -0.444 e. The first-order valence-electron chi connectivity index (χ1n) is 9.18. The van der Waals surface area contributed by atoms with Gasteiger partial charge < -0.3 is 10.1 Å². The smallest absolute Gasteiger partial charge is 0.339 e. The van der Waals surface area contributed by atoms with Crippen molar-refractivity contribution >= 4 is 11.9 Å². The topological polar surface area (TPSA) is 55.4 Å². The van der Waals surface area contributed by atoms with Gasteiger partial charge in [0.1, 0.15) is 0 Å². The third-order valence-electron chi connectivity index (χ3n) is 4.32. The molecule has 0 bridgehead atoms. The molecule has 0 aliphatic heterocycles. The van der Waals surface area contributed by atoms with Crippen LogP contribution in [0.5, 0.6) is 0 Å². The number of rotatable bonds is 7. The average Bonchev–Trinajstić information content (AvgIpc) is 3.44. The van der Waals surface area contributed by atoms with Crippen LogP contribution in [0.3, 0.4) is 0 Å². The van der Waals surface area contributed by atoms with E-state index < -0.39 is 12.1 Å². The van der Waals surface area contributed by atoms with E-state index in [0.717, 1.165) is 19.3 Å². The fraction of sp³-hybridized carbons (Fsp3) is 0.364. The molecule has 0 heterocycles. The summed E-state index contributed by atoms with van der Waals surface area (Å²) in [4.78, 5) is 25.1. The molecule has 0 aromatic heterocycles. The second-order valence-electron chi connectivity index (χ2n) is 7.27. The highest BCUT2D eigenvalue weighted by Crippen LogP contribution is 2.24. The minimum atomic E-state index is -0.931. The first-order valence-corrected chi connectivity index (χ1v) is 9.18. The number of esters is 1. The predicted molar refractivity (Wildman–Crippen MR) is 101 cm³/mol. The Balaban J connectivity index is 1.73. The van der Waals surface area contributed by atoms with Gasteiger partial charge >= 0.3 is 5.97 Å². The van der Waals surface area contributed by atoms with E-state index in [1.54, 1.807) is 24.3 Å². The van der Waals surface area contributed by atoms with Crippen molar-refractivity contribution in [3.8, 4) is 0 Å². The highest BCUT2D eigenvalue weighted by Gasteiger charge is 2.31. The summed E-state index contributed by atoms with van der Waals surface area (Å²) in [5.74, 6) is -0.189. The molecular weight excluding hydrogens is 326 g/mol. The zero-order valence-electron chi connectivity index (χ0n) is 15.3. The second kappa shape index (κ2) is 8.17. The van der Waals surface area contributed by atoms with Crippen LogP contribution < -0.4 is 5.32 Å². The molecule has 0 radical (unpaired) electrons. The Morgan fingerprint density at radius 1 is 1.04 bits per heavy atom. The van der Waals surface area contributed by atoms with Crippen LogP contribution in [0, 0.1) is 5.92 Å². The van der Waals surface area contributed by atoms with Crippen molar-refractivity contribution in [3.05, 3.63) is 71.3 Å². The first-order chi connectivity index (χ1) is 12.5. The molecule has 3 rings (SSSR count). The number of ether oxygens (including phenoxy) is 1. The van der Waals surface area contributed by atoms with E-state index in [1.165, 1.54) is 5.56 Å². The first kappa shape index (κ1) is 18.2. The van der Waals surface area contributed by atoms with Gasteiger partial charge in [-0.1, -0.05) is 56.3 Å². The molecule has 2 aromatic carbocycles. The summed E-state index contributed by atoms with van der Waals surface area (Å²) >= 11 is 0. The number of amides is 1. The Labute approximate surface area is 154 Å². The number of nitrogens with one attached hydrogen (secondary N) is 1. The Hall–Kier alpha value is -2.62. The standard InChI is InChI=1S/C22H25NO3/c1-15(2)14-16-8-10-18(11-9-16)22(25)26-20(17-6-4-3-5-7-17)21(24)23-19-12-13-19/h3-11,15,19-20H,12-14H2,1-2H3,(H,23,24)/t20-/m1/s1. The van der Waals surface area contributed by atoms with Crippen molar-refractivity contribution in [2.75, 3.05) is 0 Å². The summed E-state index contributed by atoms with van der Waals surface area (Å²) in [5.41, 5.74) is 2.32. The van der Waals surface area contributed by atoms with E-state index in [9.17, 15) is 9.59 Å². The van der Waals surface area contributed by atoms with Gasteiger partial charge in [0, 0.05) is 11.6 Å². The van der Waals surface area contributed by atoms with Gasteiger partial charge in [-0.15, -0.1) is 0 Å². The van der Waals surface area contributed by atoms with Gasteiger partial charge in [-0.3, -0.25) is 4.79 Å². The van der Waals surface area contributed by atoms with Gasteiger partial charge in [0.2, 0.25) is 6.10 Å². The van der Waals surface area contributed by atoms with Gasteiger partial charge in [-0.2, -0.15) is 0 Å². The Kier molecular flexibility index (Phi) is 5.71. The molecule has 0 saturated heterocycles. The second-order valence-corrected chi connectivity index (χ2v) is 7.27. The molecule has 26 heavy (non-hydrogen) atoms. The molecular formula is C22H25NO3. The molecule has 1 N–H and O–H groups in total. The van der Waals surface area contributed by atoms with E-state index in [0.29, 0.717) is 17.0 Å². The van der Waals surface area contributed by atoms with E-state index in [1.807, 2.05) is 30.3 Å². The summed E-state index contributed by atoms with van der Waals surface area (Å²) < 4.78 is 5.58. The number of hydrogen-bond acceptors (Lipinski definition) is 3. The zero-order valence-corrected chi connectivity index (χ0v) is 15.3. The summed E-state index contributed by atoms with van der Waals surface area (Å²) in [6.45, 7) is 4.32. The Morgan fingerprint density at radius 3 is 2.27 bits per heavy atom. The van der Waals surface area contributed by atoms with Crippen molar-refractivity contribution in [1.82, 2.24) is 5.32 Å². The lowest BCUT2D eigenvalue weighted by atomic mass is 10.0. The molecule has 1 amide bonds. The summed E-state index contributed by atoms with van der Waals surface area (Å²) in [5, 5.41) is 2.92. The molecule has 0 spiro atoms. The fourth-order valence-electron chi connectivity index (χ4n) is 2.83. The van der Waals surface area contributed by atoms with E-state index in [4.69, 9.17) is 4.74 Å². The molecule has 136 valence electrons. The van der Waals surface area contributed by atoms with Crippen LogP contribution in [-0.4, -0.2) is 17.9 Å². The SMILES string of the molecule is CC(C)Cc1ccc(C(=O)O[C@@H](C(=O)NC2CC2)c2ccccc2)cc1. The van der Waals surface area contributed by atoms with E-state index in [2.05, 4.69) is 19.2 Å². The predicted octanol–water partition coefficient (Wildman–Crippen LogP) is 4.06. The van der Waals surface area contributed by atoms with Crippen LogP contribution in [0.2, 0.25) is 0 Å². The van der Waals surface area contributed by atoms with Crippen molar-refractivity contribution < 1.29 is 14.3 Å². The third-order valence-corrected chi connectivity index (χ3v) is 4.32. The molecule has 4 heteroatoms. The molecule has 2 aromatic rings. The lowest BCUT2D eigenvalue weighted by molar-refractivity contribution is -0.130. The third kappa shape index (κ3) is 4.94. The largest absolute Gasteiger partial charge is 0.444 e. The maximum atomic E-state index is 12.6. The maximum absolute atomic E-state index is 12.6.